The molecular weight excluding hydrogens is 1070 g/mol. The van der Waals surface area contributed by atoms with Crippen molar-refractivity contribution in [1.29, 1.82) is 0 Å². The topological polar surface area (TPSA) is 111 Å². The Morgan fingerprint density at radius 2 is 0.718 bits per heavy atom. The van der Waals surface area contributed by atoms with Crippen molar-refractivity contribution in [2.75, 3.05) is 40.9 Å². The third-order valence-corrected chi connectivity index (χ3v) is 18.1. The van der Waals surface area contributed by atoms with E-state index >= 15 is 0 Å². The number of allylic oxidation sites excluding steroid dienone is 5. The van der Waals surface area contributed by atoms with Crippen LogP contribution in [-0.4, -0.2) is 74.3 Å². The summed E-state index contributed by atoms with van der Waals surface area (Å²) in [5.74, 6) is -0.480. The molecule has 0 bridgehead atoms. The number of hydrogen-bond acceptors (Lipinski definition) is 6. The number of carbonyl (C=O) groups is 2. The number of rotatable bonds is 69. The zero-order valence-electron chi connectivity index (χ0n) is 57.6. The molecule has 0 radical (unpaired) electrons. The van der Waals surface area contributed by atoms with Crippen molar-refractivity contribution >= 4 is 19.7 Å². The summed E-state index contributed by atoms with van der Waals surface area (Å²) >= 11 is 0. The highest BCUT2D eigenvalue weighted by atomic mass is 31.2. The molecule has 0 aliphatic rings. The van der Waals surface area contributed by atoms with Crippen LogP contribution >= 0.6 is 7.82 Å². The van der Waals surface area contributed by atoms with Gasteiger partial charge in [0.05, 0.1) is 33.8 Å². The molecule has 0 saturated carbocycles. The van der Waals surface area contributed by atoms with Gasteiger partial charge in [0, 0.05) is 12.8 Å². The molecule has 0 aliphatic heterocycles. The summed E-state index contributed by atoms with van der Waals surface area (Å²) in [6.07, 6.45) is 81.6. The van der Waals surface area contributed by atoms with Crippen molar-refractivity contribution in [2.45, 2.75) is 392 Å². The number of nitrogens with zero attached hydrogens (tertiary/aromatic N) is 1. The van der Waals surface area contributed by atoms with Crippen LogP contribution in [0, 0.1) is 0 Å². The fraction of sp³-hybridized carbons (Fsp3) is 0.893. The summed E-state index contributed by atoms with van der Waals surface area (Å²) in [4.78, 5) is 38.0. The van der Waals surface area contributed by atoms with E-state index < -0.39 is 20.0 Å². The first-order valence-electron chi connectivity index (χ1n) is 37.3. The van der Waals surface area contributed by atoms with Crippen LogP contribution in [0.25, 0.3) is 0 Å². The Bertz CT molecular complexity index is 1550. The van der Waals surface area contributed by atoms with E-state index in [2.05, 4.69) is 56.5 Å². The first kappa shape index (κ1) is 83.2. The van der Waals surface area contributed by atoms with Gasteiger partial charge in [-0.15, -0.1) is 0 Å². The van der Waals surface area contributed by atoms with Crippen molar-refractivity contribution in [3.8, 4) is 0 Å². The van der Waals surface area contributed by atoms with Crippen molar-refractivity contribution < 1.29 is 37.3 Å². The molecule has 0 saturated heterocycles. The number of likely N-dealkylation sites (N-methyl/N-ethyl adjacent to an activating group) is 1. The van der Waals surface area contributed by atoms with Gasteiger partial charge in [-0.1, -0.05) is 340 Å². The lowest BCUT2D eigenvalue weighted by Crippen LogP contribution is -2.47. The lowest BCUT2D eigenvalue weighted by Gasteiger charge is -2.27. The van der Waals surface area contributed by atoms with Crippen LogP contribution < -0.4 is 5.32 Å². The van der Waals surface area contributed by atoms with E-state index in [1.165, 1.54) is 283 Å². The van der Waals surface area contributed by atoms with Gasteiger partial charge in [-0.25, -0.2) is 4.57 Å². The van der Waals surface area contributed by atoms with Crippen LogP contribution in [-0.2, 0) is 27.9 Å². The normalized spacial score (nSPS) is 13.6. The molecule has 9 nitrogen and oxygen atoms in total. The summed E-state index contributed by atoms with van der Waals surface area (Å²) in [6.45, 7) is 7.06. The highest BCUT2D eigenvalue weighted by Crippen LogP contribution is 2.43. The minimum Gasteiger partial charge on any atom is -0.456 e. The SMILES string of the molecule is CCCCC/C=C\C/C=C\CCCCCCCCCCCCCCCCCCCC(=O)NC(COP(=O)(O)OCC[N+](C)(C)C)C(/C=C\CCCCCCCCCCCCC)OC(=O)CCCCCCCCCCCCCCCCCCCCC. The fourth-order valence-electron chi connectivity index (χ4n) is 11.3. The average Bonchev–Trinajstić information content (AvgIpc) is 3.53. The number of phosphoric acid groups is 1. The van der Waals surface area contributed by atoms with E-state index in [4.69, 9.17) is 13.8 Å². The maximum Gasteiger partial charge on any atom is 0.472 e. The maximum atomic E-state index is 13.6. The largest absolute Gasteiger partial charge is 0.472 e. The van der Waals surface area contributed by atoms with Gasteiger partial charge < -0.3 is 19.4 Å². The summed E-state index contributed by atoms with van der Waals surface area (Å²) < 4.78 is 30.9. The van der Waals surface area contributed by atoms with Crippen LogP contribution in [0.3, 0.4) is 0 Å². The second-order valence-electron chi connectivity index (χ2n) is 26.8. The third-order valence-electron chi connectivity index (χ3n) is 17.1. The zero-order chi connectivity index (χ0) is 62.1. The standard InChI is InChI=1S/C75H145N2O7P/c1-7-10-13-16-19-22-25-28-30-32-34-35-36-37-38-39-40-41-43-44-46-49-52-55-58-61-64-67-74(78)76-72(71-83-85(80,81)82-70-69-77(4,5)6)73(66-63-60-57-54-51-48-27-24-21-18-15-12-9-3)84-75(79)68-65-62-59-56-53-50-47-45-42-33-31-29-26-23-20-17-14-11-8-2/h19,22,28,30,63,66,72-73H,7-18,20-21,23-27,29,31-62,64-65,67-71H2,1-6H3,(H-,76,78,80,81)/p+1/b22-19-,30-28-,66-63-. The van der Waals surface area contributed by atoms with Gasteiger partial charge in [-0.2, -0.15) is 0 Å². The number of unbranched alkanes of at least 4 members (excludes halogenated alkanes) is 49. The Hall–Kier alpha value is -1.77. The molecule has 3 atom stereocenters. The Labute approximate surface area is 529 Å². The van der Waals surface area contributed by atoms with Gasteiger partial charge in [0.2, 0.25) is 5.91 Å². The molecule has 3 unspecified atom stereocenters. The molecule has 0 fully saturated rings. The van der Waals surface area contributed by atoms with Crippen LogP contribution in [0.15, 0.2) is 36.5 Å². The zero-order valence-corrected chi connectivity index (χ0v) is 58.5. The van der Waals surface area contributed by atoms with Crippen molar-refractivity contribution in [1.82, 2.24) is 5.32 Å². The Morgan fingerprint density at radius 3 is 1.08 bits per heavy atom. The lowest BCUT2D eigenvalue weighted by molar-refractivity contribution is -0.870. The van der Waals surface area contributed by atoms with E-state index in [9.17, 15) is 19.0 Å². The maximum absolute atomic E-state index is 13.6. The molecule has 85 heavy (non-hydrogen) atoms. The number of amides is 1. The molecule has 0 aliphatic carbocycles. The number of nitrogens with one attached hydrogen (secondary N) is 1. The highest BCUT2D eigenvalue weighted by Gasteiger charge is 2.30. The smallest absolute Gasteiger partial charge is 0.456 e. The first-order valence-corrected chi connectivity index (χ1v) is 38.8. The van der Waals surface area contributed by atoms with Crippen LogP contribution in [0.4, 0.5) is 0 Å². The Balaban J connectivity index is 4.98. The van der Waals surface area contributed by atoms with Crippen molar-refractivity contribution in [3.05, 3.63) is 36.5 Å². The van der Waals surface area contributed by atoms with Crippen molar-refractivity contribution in [3.63, 3.8) is 0 Å². The number of carbonyl (C=O) groups excluding carboxylic acids is 2. The molecule has 0 aromatic rings. The average molecular weight is 1220 g/mol. The monoisotopic (exact) mass is 1220 g/mol. The van der Waals surface area contributed by atoms with Gasteiger partial charge in [0.15, 0.2) is 0 Å². The third kappa shape index (κ3) is 66.5. The molecular formula is C75H146N2O7P+. The van der Waals surface area contributed by atoms with E-state index in [0.717, 1.165) is 64.2 Å². The molecule has 1 amide bonds. The molecule has 502 valence electrons. The molecule has 0 aromatic carbocycles. The van der Waals surface area contributed by atoms with E-state index in [0.29, 0.717) is 23.9 Å². The molecule has 2 N–H and O–H groups in total. The number of esters is 1. The summed E-state index contributed by atoms with van der Waals surface area (Å²) in [6, 6.07) is -0.844. The van der Waals surface area contributed by atoms with Crippen molar-refractivity contribution in [2.24, 2.45) is 0 Å². The van der Waals surface area contributed by atoms with Gasteiger partial charge in [0.25, 0.3) is 0 Å². The number of quaternary nitrogens is 1. The minimum absolute atomic E-state index is 0.0440. The predicted molar refractivity (Wildman–Crippen MR) is 369 cm³/mol. The number of ether oxygens (including phenoxy) is 1. The molecule has 0 spiro atoms. The molecule has 0 rings (SSSR count). The van der Waals surface area contributed by atoms with E-state index in [1.54, 1.807) is 0 Å². The Morgan fingerprint density at radius 1 is 0.412 bits per heavy atom. The van der Waals surface area contributed by atoms with Crippen LogP contribution in [0.2, 0.25) is 0 Å². The quantitative estimate of drug-likeness (QED) is 0.0205. The molecule has 0 heterocycles. The Kier molecular flexibility index (Phi) is 63.8. The van der Waals surface area contributed by atoms with E-state index in [1.807, 2.05) is 27.2 Å². The van der Waals surface area contributed by atoms with Gasteiger partial charge in [0.1, 0.15) is 19.3 Å². The van der Waals surface area contributed by atoms with Crippen LogP contribution in [0.5, 0.6) is 0 Å². The fourth-order valence-corrected chi connectivity index (χ4v) is 12.1. The summed E-state index contributed by atoms with van der Waals surface area (Å²) in [5.41, 5.74) is 0. The van der Waals surface area contributed by atoms with E-state index in [-0.39, 0.29) is 25.1 Å². The minimum atomic E-state index is -4.45. The molecule has 0 aromatic heterocycles. The summed E-state index contributed by atoms with van der Waals surface area (Å²) in [5, 5.41) is 3.08. The highest BCUT2D eigenvalue weighted by molar-refractivity contribution is 7.47. The van der Waals surface area contributed by atoms with Gasteiger partial charge in [-0.05, 0) is 63.9 Å². The second kappa shape index (κ2) is 65.2. The van der Waals surface area contributed by atoms with Crippen LogP contribution in [0.1, 0.15) is 380 Å². The predicted octanol–water partition coefficient (Wildman–Crippen LogP) is 23.8. The van der Waals surface area contributed by atoms with Gasteiger partial charge in [-0.3, -0.25) is 18.6 Å². The number of phosphoric ester groups is 1. The number of hydrogen-bond donors (Lipinski definition) is 2. The van der Waals surface area contributed by atoms with Gasteiger partial charge >= 0.3 is 13.8 Å². The second-order valence-corrected chi connectivity index (χ2v) is 28.3. The lowest BCUT2D eigenvalue weighted by atomic mass is 10.0. The molecule has 10 heteroatoms. The first-order chi connectivity index (χ1) is 41.4. The summed E-state index contributed by atoms with van der Waals surface area (Å²) in [7, 11) is 1.52.